The Kier molecular flexibility index (Phi) is 4.87. The molecule has 0 saturated heterocycles. The number of rotatable bonds is 6. The van der Waals surface area contributed by atoms with E-state index < -0.39 is 0 Å². The van der Waals surface area contributed by atoms with Gasteiger partial charge in [0.05, 0.1) is 11.3 Å². The zero-order chi connectivity index (χ0) is 14.4. The number of amides is 1. The van der Waals surface area contributed by atoms with E-state index in [2.05, 4.69) is 22.3 Å². The molecule has 0 spiro atoms. The molecular formula is C15H20N4O. The average molecular weight is 272 g/mol. The highest BCUT2D eigenvalue weighted by Crippen LogP contribution is 2.06. The molecule has 5 heteroatoms. The number of carbonyl (C=O) groups is 1. The number of hydrogen-bond donors (Lipinski definition) is 1. The Morgan fingerprint density at radius 1 is 1.35 bits per heavy atom. The lowest BCUT2D eigenvalue weighted by Crippen LogP contribution is -2.26. The van der Waals surface area contributed by atoms with E-state index in [0.717, 1.165) is 25.1 Å². The Morgan fingerprint density at radius 2 is 2.10 bits per heavy atom. The predicted molar refractivity (Wildman–Crippen MR) is 77.5 cm³/mol. The fraction of sp³-hybridized carbons (Fsp3) is 0.400. The van der Waals surface area contributed by atoms with Crippen molar-refractivity contribution in [3.63, 3.8) is 0 Å². The monoisotopic (exact) mass is 272 g/mol. The van der Waals surface area contributed by atoms with E-state index in [1.165, 1.54) is 5.56 Å². The Labute approximate surface area is 119 Å². The Morgan fingerprint density at radius 3 is 2.80 bits per heavy atom. The highest BCUT2D eigenvalue weighted by Gasteiger charge is 2.12. The molecule has 0 atom stereocenters. The average Bonchev–Trinajstić information content (AvgIpc) is 2.81. The second kappa shape index (κ2) is 6.84. The summed E-state index contributed by atoms with van der Waals surface area (Å²) < 4.78 is 1.83. The lowest BCUT2D eigenvalue weighted by molar-refractivity contribution is 0.0953. The zero-order valence-electron chi connectivity index (χ0n) is 12.0. The molecule has 2 heterocycles. The second-order valence-electron chi connectivity index (χ2n) is 4.75. The largest absolute Gasteiger partial charge is 0.352 e. The molecule has 0 unspecified atom stereocenters. The summed E-state index contributed by atoms with van der Waals surface area (Å²) in [5.41, 5.74) is 2.60. The Bertz CT molecular complexity index is 563. The summed E-state index contributed by atoms with van der Waals surface area (Å²) in [4.78, 5) is 16.1. The molecule has 5 nitrogen and oxygen atoms in total. The predicted octanol–water partition coefficient (Wildman–Crippen LogP) is 1.97. The maximum atomic E-state index is 12.1. The van der Waals surface area contributed by atoms with Gasteiger partial charge < -0.3 is 5.32 Å². The number of nitrogens with one attached hydrogen (secondary N) is 1. The molecule has 0 radical (unpaired) electrons. The Hall–Kier alpha value is -2.17. The van der Waals surface area contributed by atoms with E-state index in [-0.39, 0.29) is 5.91 Å². The standard InChI is InChI=1S/C15H20N4O/c1-3-10-19-11-14(12(2)18-19)15(20)17-9-6-13-4-7-16-8-5-13/h4-5,7-8,11H,3,6,9-10H2,1-2H3,(H,17,20). The molecule has 0 bridgehead atoms. The molecule has 0 saturated carbocycles. The van der Waals surface area contributed by atoms with Gasteiger partial charge in [0.25, 0.3) is 5.91 Å². The summed E-state index contributed by atoms with van der Waals surface area (Å²) >= 11 is 0. The van der Waals surface area contributed by atoms with Gasteiger partial charge in [0.2, 0.25) is 0 Å². The van der Waals surface area contributed by atoms with Crippen LogP contribution in [0, 0.1) is 6.92 Å². The van der Waals surface area contributed by atoms with Crippen LogP contribution in [0.15, 0.2) is 30.7 Å². The minimum atomic E-state index is -0.0566. The van der Waals surface area contributed by atoms with Crippen LogP contribution in [0.4, 0.5) is 0 Å². The first-order valence-corrected chi connectivity index (χ1v) is 6.92. The van der Waals surface area contributed by atoms with Crippen molar-refractivity contribution in [2.45, 2.75) is 33.2 Å². The quantitative estimate of drug-likeness (QED) is 0.874. The van der Waals surface area contributed by atoms with Crippen LogP contribution in [0.25, 0.3) is 0 Å². The molecule has 106 valence electrons. The zero-order valence-corrected chi connectivity index (χ0v) is 12.0. The molecule has 2 aromatic heterocycles. The van der Waals surface area contributed by atoms with Crippen LogP contribution in [0.1, 0.15) is 35.0 Å². The first-order chi connectivity index (χ1) is 9.70. The van der Waals surface area contributed by atoms with Crippen molar-refractivity contribution in [3.05, 3.63) is 47.5 Å². The van der Waals surface area contributed by atoms with E-state index >= 15 is 0 Å². The van der Waals surface area contributed by atoms with Gasteiger partial charge in [-0.2, -0.15) is 5.10 Å². The van der Waals surface area contributed by atoms with Gasteiger partial charge in [0, 0.05) is 31.7 Å². The highest BCUT2D eigenvalue weighted by atomic mass is 16.1. The van der Waals surface area contributed by atoms with Gasteiger partial charge in [0.1, 0.15) is 0 Å². The molecule has 1 amide bonds. The van der Waals surface area contributed by atoms with Crippen molar-refractivity contribution in [3.8, 4) is 0 Å². The van der Waals surface area contributed by atoms with Gasteiger partial charge in [-0.3, -0.25) is 14.5 Å². The first-order valence-electron chi connectivity index (χ1n) is 6.92. The summed E-state index contributed by atoms with van der Waals surface area (Å²) in [5.74, 6) is -0.0566. The van der Waals surface area contributed by atoms with E-state index in [9.17, 15) is 4.79 Å². The lowest BCUT2D eigenvalue weighted by Gasteiger charge is -2.04. The third-order valence-electron chi connectivity index (χ3n) is 3.09. The number of pyridine rings is 1. The van der Waals surface area contributed by atoms with Gasteiger partial charge in [-0.05, 0) is 37.5 Å². The molecule has 0 fully saturated rings. The second-order valence-corrected chi connectivity index (χ2v) is 4.75. The third kappa shape index (κ3) is 3.66. The summed E-state index contributed by atoms with van der Waals surface area (Å²) in [7, 11) is 0. The minimum absolute atomic E-state index is 0.0566. The van der Waals surface area contributed by atoms with E-state index in [4.69, 9.17) is 0 Å². The molecular weight excluding hydrogens is 252 g/mol. The topological polar surface area (TPSA) is 59.8 Å². The molecule has 0 aliphatic carbocycles. The molecule has 2 rings (SSSR count). The van der Waals surface area contributed by atoms with Gasteiger partial charge in [-0.15, -0.1) is 0 Å². The number of hydrogen-bond acceptors (Lipinski definition) is 3. The van der Waals surface area contributed by atoms with Gasteiger partial charge >= 0.3 is 0 Å². The summed E-state index contributed by atoms with van der Waals surface area (Å²) in [6.45, 7) is 5.40. The molecule has 0 aliphatic heterocycles. The maximum Gasteiger partial charge on any atom is 0.254 e. The molecule has 20 heavy (non-hydrogen) atoms. The van der Waals surface area contributed by atoms with Crippen LogP contribution in [0.3, 0.4) is 0 Å². The third-order valence-corrected chi connectivity index (χ3v) is 3.09. The fourth-order valence-electron chi connectivity index (χ4n) is 2.05. The van der Waals surface area contributed by atoms with Crippen molar-refractivity contribution in [2.24, 2.45) is 0 Å². The van der Waals surface area contributed by atoms with E-state index in [1.54, 1.807) is 12.4 Å². The number of aromatic nitrogens is 3. The van der Waals surface area contributed by atoms with Gasteiger partial charge in [0.15, 0.2) is 0 Å². The summed E-state index contributed by atoms with van der Waals surface area (Å²) in [6, 6.07) is 3.91. The maximum absolute atomic E-state index is 12.1. The SMILES string of the molecule is CCCn1cc(C(=O)NCCc2ccncc2)c(C)n1. The number of aryl methyl sites for hydroxylation is 2. The van der Waals surface area contributed by atoms with Crippen molar-refractivity contribution in [1.29, 1.82) is 0 Å². The Balaban J connectivity index is 1.88. The van der Waals surface area contributed by atoms with Crippen LogP contribution in [0.2, 0.25) is 0 Å². The minimum Gasteiger partial charge on any atom is -0.352 e. The van der Waals surface area contributed by atoms with E-state index in [0.29, 0.717) is 12.1 Å². The normalized spacial score (nSPS) is 10.5. The lowest BCUT2D eigenvalue weighted by atomic mass is 10.2. The van der Waals surface area contributed by atoms with E-state index in [1.807, 2.05) is 29.9 Å². The van der Waals surface area contributed by atoms with Crippen molar-refractivity contribution < 1.29 is 4.79 Å². The molecule has 0 aromatic carbocycles. The number of carbonyl (C=O) groups excluding carboxylic acids is 1. The van der Waals surface area contributed by atoms with Crippen LogP contribution >= 0.6 is 0 Å². The van der Waals surface area contributed by atoms with Crippen molar-refractivity contribution in [2.75, 3.05) is 6.54 Å². The molecule has 2 aromatic rings. The van der Waals surface area contributed by atoms with Gasteiger partial charge in [-0.25, -0.2) is 0 Å². The summed E-state index contributed by atoms with van der Waals surface area (Å²) in [6.07, 6.45) is 7.15. The number of nitrogens with zero attached hydrogens (tertiary/aromatic N) is 3. The van der Waals surface area contributed by atoms with Crippen molar-refractivity contribution >= 4 is 5.91 Å². The molecule has 1 N–H and O–H groups in total. The first kappa shape index (κ1) is 14.2. The molecule has 0 aliphatic rings. The van der Waals surface area contributed by atoms with Crippen LogP contribution in [0.5, 0.6) is 0 Å². The van der Waals surface area contributed by atoms with Crippen LogP contribution < -0.4 is 5.32 Å². The smallest absolute Gasteiger partial charge is 0.254 e. The van der Waals surface area contributed by atoms with Gasteiger partial charge in [-0.1, -0.05) is 6.92 Å². The van der Waals surface area contributed by atoms with Crippen LogP contribution in [-0.4, -0.2) is 27.2 Å². The van der Waals surface area contributed by atoms with Crippen LogP contribution in [-0.2, 0) is 13.0 Å². The fourth-order valence-corrected chi connectivity index (χ4v) is 2.05. The highest BCUT2D eigenvalue weighted by molar-refractivity contribution is 5.94. The summed E-state index contributed by atoms with van der Waals surface area (Å²) in [5, 5.41) is 7.27. The van der Waals surface area contributed by atoms with Crippen molar-refractivity contribution in [1.82, 2.24) is 20.1 Å².